The second kappa shape index (κ2) is 15.0. The molecule has 2 aliphatic rings. The molecule has 4 nitrogen and oxygen atoms in total. The molecule has 1 aliphatic heterocycles. The van der Waals surface area contributed by atoms with Crippen LogP contribution in [0.1, 0.15) is 22.3 Å². The first-order chi connectivity index (χ1) is 33.7. The normalized spacial score (nSPS) is 14.2. The lowest BCUT2D eigenvalue weighted by molar-refractivity contribution is 0.749. The van der Waals surface area contributed by atoms with Crippen LogP contribution in [0.3, 0.4) is 0 Å². The number of rotatable bonds is 6. The summed E-state index contributed by atoms with van der Waals surface area (Å²) < 4.78 is 2.50. The number of benzene rings is 10. The van der Waals surface area contributed by atoms with Gasteiger partial charge in [-0.1, -0.05) is 224 Å². The number of aromatic nitrogens is 4. The molecule has 3 heterocycles. The molecule has 1 atom stereocenters. The van der Waals surface area contributed by atoms with Crippen molar-refractivity contribution >= 4 is 21.8 Å². The third kappa shape index (κ3) is 5.71. The summed E-state index contributed by atoms with van der Waals surface area (Å²) >= 11 is 0. The topological polar surface area (TPSA) is 43.6 Å². The van der Waals surface area contributed by atoms with Gasteiger partial charge in [0.05, 0.1) is 22.1 Å². The van der Waals surface area contributed by atoms with Crippen LogP contribution in [-0.2, 0) is 5.41 Å². The van der Waals surface area contributed by atoms with Crippen molar-refractivity contribution < 1.29 is 0 Å². The first-order valence-corrected chi connectivity index (χ1v) is 23.3. The fraction of sp³-hybridized carbons (Fsp3) is 0.0156. The van der Waals surface area contributed by atoms with E-state index < -0.39 is 5.41 Å². The third-order valence-corrected chi connectivity index (χ3v) is 14.3. The number of hydrogen-bond acceptors (Lipinski definition) is 3. The molecule has 1 unspecified atom stereocenters. The number of hydrogen-bond donors (Lipinski definition) is 0. The summed E-state index contributed by atoms with van der Waals surface area (Å²) in [7, 11) is 0. The van der Waals surface area contributed by atoms with Gasteiger partial charge in [0.15, 0.2) is 17.5 Å². The lowest BCUT2D eigenvalue weighted by atomic mass is 9.65. The van der Waals surface area contributed by atoms with E-state index in [-0.39, 0.29) is 0 Å². The molecule has 0 bridgehead atoms. The van der Waals surface area contributed by atoms with Gasteiger partial charge in [0.2, 0.25) is 0 Å². The van der Waals surface area contributed by atoms with E-state index in [9.17, 15) is 0 Å². The van der Waals surface area contributed by atoms with Crippen LogP contribution in [0, 0.1) is 0 Å². The molecule has 10 aromatic carbocycles. The van der Waals surface area contributed by atoms with Gasteiger partial charge in [0.25, 0.3) is 0 Å². The Morgan fingerprint density at radius 3 is 1.35 bits per heavy atom. The van der Waals surface area contributed by atoms with Crippen LogP contribution in [0.15, 0.2) is 243 Å². The minimum absolute atomic E-state index is 0.511. The highest BCUT2D eigenvalue weighted by Gasteiger charge is 2.50. The van der Waals surface area contributed by atoms with Crippen molar-refractivity contribution in [2.24, 2.45) is 0 Å². The Kier molecular flexibility index (Phi) is 8.46. The molecule has 68 heavy (non-hydrogen) atoms. The van der Waals surface area contributed by atoms with Crippen LogP contribution in [0.4, 0.5) is 0 Å². The lowest BCUT2D eigenvalue weighted by Gasteiger charge is -2.39. The summed E-state index contributed by atoms with van der Waals surface area (Å²) in [6.45, 7) is 0. The zero-order chi connectivity index (χ0) is 44.8. The van der Waals surface area contributed by atoms with Crippen LogP contribution in [0.5, 0.6) is 0 Å². The zero-order valence-corrected chi connectivity index (χ0v) is 36.9. The maximum atomic E-state index is 5.13. The van der Waals surface area contributed by atoms with E-state index >= 15 is 0 Å². The molecule has 0 N–H and O–H groups in total. The number of nitrogens with zero attached hydrogens (tertiary/aromatic N) is 4. The molecular formula is C64H40N4. The summed E-state index contributed by atoms with van der Waals surface area (Å²) in [5.74, 6) is 1.90. The second-order valence-electron chi connectivity index (χ2n) is 17.9. The number of fused-ring (bicyclic) bond motifs is 12. The summed E-state index contributed by atoms with van der Waals surface area (Å²) in [5, 5.41) is 2.56. The largest absolute Gasteiger partial charge is 0.309 e. The van der Waals surface area contributed by atoms with Gasteiger partial charge in [0, 0.05) is 27.5 Å². The van der Waals surface area contributed by atoms with Crippen molar-refractivity contribution in [2.75, 3.05) is 0 Å². The molecule has 1 aliphatic carbocycles. The van der Waals surface area contributed by atoms with Crippen molar-refractivity contribution in [3.8, 4) is 84.4 Å². The van der Waals surface area contributed by atoms with E-state index in [4.69, 9.17) is 15.0 Å². The minimum atomic E-state index is -0.511. The van der Waals surface area contributed by atoms with Gasteiger partial charge in [-0.25, -0.2) is 15.0 Å². The molecule has 12 aromatic rings. The van der Waals surface area contributed by atoms with Crippen molar-refractivity contribution in [3.63, 3.8) is 0 Å². The molecular weight excluding hydrogens is 825 g/mol. The third-order valence-electron chi connectivity index (χ3n) is 14.3. The van der Waals surface area contributed by atoms with Crippen LogP contribution in [0.25, 0.3) is 106 Å². The first-order valence-electron chi connectivity index (χ1n) is 23.3. The zero-order valence-electron chi connectivity index (χ0n) is 36.9. The van der Waals surface area contributed by atoms with Gasteiger partial charge in [-0.3, -0.25) is 0 Å². The molecule has 316 valence electrons. The minimum Gasteiger partial charge on any atom is -0.309 e. The molecule has 0 fully saturated rings. The molecule has 0 saturated carbocycles. The molecule has 2 aromatic heterocycles. The average molecular weight is 865 g/mol. The van der Waals surface area contributed by atoms with E-state index in [2.05, 4.69) is 223 Å². The maximum Gasteiger partial charge on any atom is 0.164 e. The van der Waals surface area contributed by atoms with E-state index in [1.54, 1.807) is 0 Å². The molecule has 4 heteroatoms. The van der Waals surface area contributed by atoms with Gasteiger partial charge in [-0.05, 0) is 85.0 Å². The van der Waals surface area contributed by atoms with Crippen molar-refractivity contribution in [1.82, 2.24) is 19.5 Å². The fourth-order valence-electron chi connectivity index (χ4n) is 11.2. The van der Waals surface area contributed by atoms with E-state index in [0.717, 1.165) is 38.9 Å². The van der Waals surface area contributed by atoms with Crippen LogP contribution in [-0.4, -0.2) is 19.5 Å². The van der Waals surface area contributed by atoms with Crippen molar-refractivity contribution in [1.29, 1.82) is 0 Å². The quantitative estimate of drug-likeness (QED) is 0.167. The Bertz CT molecular complexity index is 3930. The van der Waals surface area contributed by atoms with Crippen LogP contribution < -0.4 is 0 Å². The first kappa shape index (κ1) is 38.3. The maximum absolute atomic E-state index is 5.13. The van der Waals surface area contributed by atoms with Crippen LogP contribution in [0.2, 0.25) is 0 Å². The van der Waals surface area contributed by atoms with Crippen LogP contribution >= 0.6 is 0 Å². The predicted octanol–water partition coefficient (Wildman–Crippen LogP) is 15.6. The van der Waals surface area contributed by atoms with Gasteiger partial charge in [-0.2, -0.15) is 0 Å². The predicted molar refractivity (Wildman–Crippen MR) is 278 cm³/mol. The molecule has 14 rings (SSSR count). The van der Waals surface area contributed by atoms with Gasteiger partial charge in [-0.15, -0.1) is 0 Å². The van der Waals surface area contributed by atoms with E-state index in [1.807, 2.05) is 24.3 Å². The SMILES string of the molecule is c1ccc(-c2ccc(-c3ccc(-c4nc(-c5ccccc5)nc(-c5ccc(-c6ccc7c(c6)C6(c8ccccc8-7)c7ccccc7-n7c8ccccc8c8cccc6c87)cc5)n4)cc3)cc2)cc1. The fourth-order valence-corrected chi connectivity index (χ4v) is 11.2. The Balaban J connectivity index is 0.858. The van der Waals surface area contributed by atoms with Crippen molar-refractivity contribution in [2.45, 2.75) is 5.41 Å². The molecule has 0 amide bonds. The highest BCUT2D eigenvalue weighted by atomic mass is 15.0. The summed E-state index contributed by atoms with van der Waals surface area (Å²) in [4.78, 5) is 15.2. The highest BCUT2D eigenvalue weighted by molar-refractivity contribution is 6.13. The molecule has 0 radical (unpaired) electrons. The molecule has 1 spiro atoms. The highest BCUT2D eigenvalue weighted by Crippen LogP contribution is 2.61. The van der Waals surface area contributed by atoms with Gasteiger partial charge >= 0.3 is 0 Å². The van der Waals surface area contributed by atoms with Gasteiger partial charge < -0.3 is 4.57 Å². The smallest absolute Gasteiger partial charge is 0.164 e. The average Bonchev–Trinajstić information content (AvgIpc) is 3.92. The standard InChI is InChI=1S/C64H40N4/c1-3-14-41(15-4-1)42-26-28-43(29-27-42)44-30-34-47(35-31-44)62-65-61(46-16-5-2-6-17-46)66-63(67-62)48-36-32-45(33-37-48)49-38-39-51-50-18-7-9-21-54(50)64(57(51)40-49)55-22-10-12-25-59(55)68-58-24-11-8-19-52(58)53-20-13-23-56(64)60(53)68/h1-40H. The summed E-state index contributed by atoms with van der Waals surface area (Å²) in [6.07, 6.45) is 0. The Morgan fingerprint density at radius 1 is 0.279 bits per heavy atom. The van der Waals surface area contributed by atoms with E-state index in [1.165, 1.54) is 72.0 Å². The monoisotopic (exact) mass is 864 g/mol. The second-order valence-corrected chi connectivity index (χ2v) is 17.9. The Hall–Kier alpha value is -8.99. The summed E-state index contributed by atoms with van der Waals surface area (Å²) in [5.41, 5.74) is 20.8. The lowest BCUT2D eigenvalue weighted by Crippen LogP contribution is -2.33. The van der Waals surface area contributed by atoms with Gasteiger partial charge in [0.1, 0.15) is 0 Å². The summed E-state index contributed by atoms with van der Waals surface area (Å²) in [6, 6.07) is 87.6. The van der Waals surface area contributed by atoms with E-state index in [0.29, 0.717) is 17.5 Å². The molecule has 0 saturated heterocycles. The van der Waals surface area contributed by atoms with Crippen molar-refractivity contribution in [3.05, 3.63) is 265 Å². The Morgan fingerprint density at radius 2 is 0.706 bits per heavy atom. The number of para-hydroxylation sites is 3. The Labute approximate surface area is 394 Å².